The SMILES string of the molecule is CCCCCN(CCC(=O)N1CCNCC1)S(=O)(=O)c1ccccc1.O=C(O)C(F)(F)F. The molecule has 2 rings (SSSR count). The number of nitrogens with zero attached hydrogens (tertiary/aromatic N) is 2. The Kier molecular flexibility index (Phi) is 11.7. The first kappa shape index (κ1) is 27.9. The van der Waals surface area contributed by atoms with Crippen molar-refractivity contribution in [1.82, 2.24) is 14.5 Å². The quantitative estimate of drug-likeness (QED) is 0.525. The van der Waals surface area contributed by atoms with E-state index in [0.29, 0.717) is 24.5 Å². The molecule has 2 N–H and O–H groups in total. The minimum Gasteiger partial charge on any atom is -0.475 e. The third kappa shape index (κ3) is 9.53. The molecule has 0 bridgehead atoms. The molecule has 0 atom stereocenters. The Bertz CT molecular complexity index is 814. The Morgan fingerprint density at radius 1 is 1.09 bits per heavy atom. The predicted molar refractivity (Wildman–Crippen MR) is 112 cm³/mol. The number of amides is 1. The van der Waals surface area contributed by atoms with Gasteiger partial charge in [-0.25, -0.2) is 13.2 Å². The smallest absolute Gasteiger partial charge is 0.475 e. The molecular weight excluding hydrogens is 451 g/mol. The van der Waals surface area contributed by atoms with Gasteiger partial charge >= 0.3 is 12.1 Å². The summed E-state index contributed by atoms with van der Waals surface area (Å²) < 4.78 is 59.0. The highest BCUT2D eigenvalue weighted by atomic mass is 32.2. The lowest BCUT2D eigenvalue weighted by Crippen LogP contribution is -2.47. The molecule has 1 heterocycles. The number of carboxylic acids is 1. The van der Waals surface area contributed by atoms with Crippen molar-refractivity contribution in [3.63, 3.8) is 0 Å². The lowest BCUT2D eigenvalue weighted by atomic mass is 10.2. The topological polar surface area (TPSA) is 107 Å². The molecule has 1 aromatic rings. The van der Waals surface area contributed by atoms with Gasteiger partial charge in [-0.15, -0.1) is 0 Å². The van der Waals surface area contributed by atoms with E-state index in [4.69, 9.17) is 9.90 Å². The number of hydrogen-bond donors (Lipinski definition) is 2. The predicted octanol–water partition coefficient (Wildman–Crippen LogP) is 2.32. The van der Waals surface area contributed by atoms with Gasteiger partial charge in [-0.05, 0) is 18.6 Å². The van der Waals surface area contributed by atoms with E-state index in [1.807, 2.05) is 4.90 Å². The van der Waals surface area contributed by atoms with Crippen LogP contribution in [0.4, 0.5) is 13.2 Å². The molecule has 0 unspecified atom stereocenters. The van der Waals surface area contributed by atoms with Crippen LogP contribution in [0.25, 0.3) is 0 Å². The molecule has 0 aliphatic carbocycles. The second-order valence-electron chi connectivity index (χ2n) is 7.11. The number of carbonyl (C=O) groups excluding carboxylic acids is 1. The molecule has 1 aliphatic heterocycles. The Morgan fingerprint density at radius 2 is 1.66 bits per heavy atom. The van der Waals surface area contributed by atoms with Crippen LogP contribution in [0.5, 0.6) is 0 Å². The summed E-state index contributed by atoms with van der Waals surface area (Å²) >= 11 is 0. The highest BCUT2D eigenvalue weighted by Crippen LogP contribution is 2.17. The Morgan fingerprint density at radius 3 is 2.16 bits per heavy atom. The standard InChI is InChI=1S/C18H29N3O3S.C2HF3O2/c1-2-3-7-13-21(25(23,24)17-8-5-4-6-9-17)14-10-18(22)20-15-11-19-12-16-20;3-2(4,5)1(6)7/h4-6,8-9,19H,2-3,7,10-16H2,1H3;(H,6,7). The molecule has 182 valence electrons. The molecule has 1 amide bonds. The number of benzene rings is 1. The number of carboxylic acid groups (broad SMARTS) is 1. The van der Waals surface area contributed by atoms with Gasteiger partial charge in [0.1, 0.15) is 0 Å². The molecule has 1 fully saturated rings. The summed E-state index contributed by atoms with van der Waals surface area (Å²) in [5.41, 5.74) is 0. The maximum absolute atomic E-state index is 12.9. The summed E-state index contributed by atoms with van der Waals surface area (Å²) in [4.78, 5) is 23.4. The average molecular weight is 482 g/mol. The summed E-state index contributed by atoms with van der Waals surface area (Å²) in [6.07, 6.45) is -2.03. The zero-order chi connectivity index (χ0) is 24.2. The molecule has 1 saturated heterocycles. The van der Waals surface area contributed by atoms with E-state index in [1.54, 1.807) is 30.3 Å². The van der Waals surface area contributed by atoms with Gasteiger partial charge in [0.2, 0.25) is 15.9 Å². The fourth-order valence-electron chi connectivity index (χ4n) is 2.92. The van der Waals surface area contributed by atoms with E-state index >= 15 is 0 Å². The summed E-state index contributed by atoms with van der Waals surface area (Å²) in [5.74, 6) is -2.72. The minimum atomic E-state index is -5.08. The molecule has 1 aliphatic rings. The number of piperazine rings is 1. The first-order chi connectivity index (χ1) is 15.0. The minimum absolute atomic E-state index is 0.0326. The van der Waals surface area contributed by atoms with Crippen LogP contribution >= 0.6 is 0 Å². The maximum atomic E-state index is 12.9. The van der Waals surface area contributed by atoms with Gasteiger partial charge < -0.3 is 15.3 Å². The van der Waals surface area contributed by atoms with Gasteiger partial charge in [-0.1, -0.05) is 38.0 Å². The largest absolute Gasteiger partial charge is 0.490 e. The van der Waals surface area contributed by atoms with Crippen LogP contribution in [0.2, 0.25) is 0 Å². The van der Waals surface area contributed by atoms with Crippen LogP contribution in [-0.4, -0.2) is 80.1 Å². The van der Waals surface area contributed by atoms with Crippen molar-refractivity contribution >= 4 is 21.9 Å². The molecule has 0 radical (unpaired) electrons. The molecule has 12 heteroatoms. The summed E-state index contributed by atoms with van der Waals surface area (Å²) in [6, 6.07) is 8.47. The zero-order valence-corrected chi connectivity index (χ0v) is 18.8. The number of alkyl halides is 3. The molecule has 0 spiro atoms. The number of aliphatic carboxylic acids is 1. The third-order valence-corrected chi connectivity index (χ3v) is 6.59. The molecule has 0 aromatic heterocycles. The number of rotatable bonds is 9. The van der Waals surface area contributed by atoms with Crippen molar-refractivity contribution in [2.24, 2.45) is 0 Å². The van der Waals surface area contributed by atoms with Crippen molar-refractivity contribution in [2.45, 2.75) is 43.7 Å². The molecule has 8 nitrogen and oxygen atoms in total. The van der Waals surface area contributed by atoms with Crippen LogP contribution in [0.1, 0.15) is 32.6 Å². The van der Waals surface area contributed by atoms with E-state index in [0.717, 1.165) is 32.4 Å². The van der Waals surface area contributed by atoms with Crippen LogP contribution in [0, 0.1) is 0 Å². The average Bonchev–Trinajstić information content (AvgIpc) is 2.76. The van der Waals surface area contributed by atoms with Gasteiger partial charge in [-0.2, -0.15) is 17.5 Å². The van der Waals surface area contributed by atoms with Crippen LogP contribution in [-0.2, 0) is 19.6 Å². The van der Waals surface area contributed by atoms with Crippen molar-refractivity contribution < 1.29 is 36.3 Å². The van der Waals surface area contributed by atoms with Crippen LogP contribution in [0.15, 0.2) is 35.2 Å². The Labute approximate surface area is 186 Å². The second-order valence-corrected chi connectivity index (χ2v) is 9.05. The summed E-state index contributed by atoms with van der Waals surface area (Å²) in [6.45, 7) is 5.77. The highest BCUT2D eigenvalue weighted by Gasteiger charge is 2.38. The normalized spacial score (nSPS) is 14.6. The fourth-order valence-corrected chi connectivity index (χ4v) is 4.42. The van der Waals surface area contributed by atoms with E-state index in [2.05, 4.69) is 12.2 Å². The van der Waals surface area contributed by atoms with Crippen molar-refractivity contribution in [2.75, 3.05) is 39.3 Å². The van der Waals surface area contributed by atoms with Crippen LogP contribution < -0.4 is 5.32 Å². The monoisotopic (exact) mass is 481 g/mol. The molecule has 0 saturated carbocycles. The number of sulfonamides is 1. The van der Waals surface area contributed by atoms with E-state index in [1.165, 1.54) is 4.31 Å². The van der Waals surface area contributed by atoms with Crippen molar-refractivity contribution in [3.05, 3.63) is 30.3 Å². The fraction of sp³-hybridized carbons (Fsp3) is 0.600. The number of halogens is 3. The highest BCUT2D eigenvalue weighted by molar-refractivity contribution is 7.89. The Hall–Kier alpha value is -2.18. The maximum Gasteiger partial charge on any atom is 0.490 e. The van der Waals surface area contributed by atoms with Gasteiger partial charge in [0.15, 0.2) is 0 Å². The first-order valence-corrected chi connectivity index (χ1v) is 11.8. The second kappa shape index (κ2) is 13.4. The number of nitrogens with one attached hydrogen (secondary N) is 1. The lowest BCUT2D eigenvalue weighted by molar-refractivity contribution is -0.192. The van der Waals surface area contributed by atoms with Gasteiger partial charge in [0, 0.05) is 45.7 Å². The summed E-state index contributed by atoms with van der Waals surface area (Å²) in [7, 11) is -3.56. The van der Waals surface area contributed by atoms with E-state index < -0.39 is 22.2 Å². The van der Waals surface area contributed by atoms with Crippen molar-refractivity contribution in [1.29, 1.82) is 0 Å². The molecular formula is C20H30F3N3O5S. The van der Waals surface area contributed by atoms with E-state index in [9.17, 15) is 26.4 Å². The molecule has 32 heavy (non-hydrogen) atoms. The summed E-state index contributed by atoms with van der Waals surface area (Å²) in [5, 5.41) is 10.3. The third-order valence-electron chi connectivity index (χ3n) is 4.68. The zero-order valence-electron chi connectivity index (χ0n) is 18.0. The van der Waals surface area contributed by atoms with Gasteiger partial charge in [0.05, 0.1) is 4.90 Å². The van der Waals surface area contributed by atoms with Crippen LogP contribution in [0.3, 0.4) is 0 Å². The van der Waals surface area contributed by atoms with Gasteiger partial charge in [-0.3, -0.25) is 4.79 Å². The van der Waals surface area contributed by atoms with Crippen molar-refractivity contribution in [3.8, 4) is 0 Å². The van der Waals surface area contributed by atoms with E-state index in [-0.39, 0.29) is 18.9 Å². The lowest BCUT2D eigenvalue weighted by Gasteiger charge is -2.29. The number of hydrogen-bond acceptors (Lipinski definition) is 5. The number of unbranched alkanes of at least 4 members (excludes halogenated alkanes) is 2. The Balaban J connectivity index is 0.000000633. The van der Waals surface area contributed by atoms with Gasteiger partial charge in [0.25, 0.3) is 0 Å². The first-order valence-electron chi connectivity index (χ1n) is 10.3. The number of carbonyl (C=O) groups is 2. The molecule has 1 aromatic carbocycles.